The van der Waals surface area contributed by atoms with E-state index in [-0.39, 0.29) is 5.97 Å². The summed E-state index contributed by atoms with van der Waals surface area (Å²) in [6, 6.07) is 0. The quantitative estimate of drug-likeness (QED) is 0.805. The highest BCUT2D eigenvalue weighted by Gasteiger charge is 2.14. The summed E-state index contributed by atoms with van der Waals surface area (Å²) in [5, 5.41) is 5.30. The minimum absolute atomic E-state index is 0.345. The van der Waals surface area contributed by atoms with Gasteiger partial charge in [-0.25, -0.2) is 14.8 Å². The smallest absolute Gasteiger partial charge is 0.357 e. The largest absolute Gasteiger partial charge is 0.461 e. The molecule has 0 radical (unpaired) electrons. The number of rotatable bonds is 4. The molecule has 18 heavy (non-hydrogen) atoms. The number of carbonyl (C=O) groups is 1. The molecule has 2 aromatic rings. The number of carbonyl (C=O) groups excluding carboxylic acids is 1. The maximum Gasteiger partial charge on any atom is 0.357 e. The minimum Gasteiger partial charge on any atom is -0.461 e. The summed E-state index contributed by atoms with van der Waals surface area (Å²) in [4.78, 5) is 20.1. The molecule has 0 N–H and O–H groups in total. The zero-order chi connectivity index (χ0) is 13.0. The van der Waals surface area contributed by atoms with Gasteiger partial charge in [0, 0.05) is 10.8 Å². The lowest BCUT2D eigenvalue weighted by Gasteiger charge is -1.95. The molecule has 0 spiro atoms. The number of allylic oxidation sites excluding steroid dienone is 1. The molecule has 4 nitrogen and oxygen atoms in total. The van der Waals surface area contributed by atoms with E-state index in [1.165, 1.54) is 11.3 Å². The zero-order valence-corrected chi connectivity index (χ0v) is 11.7. The average molecular weight is 280 g/mol. The zero-order valence-electron chi connectivity index (χ0n) is 10.0. The Balaban J connectivity index is 2.20. The first kappa shape index (κ1) is 12.9. The first-order chi connectivity index (χ1) is 8.74. The van der Waals surface area contributed by atoms with Crippen molar-refractivity contribution in [2.45, 2.75) is 13.8 Å². The van der Waals surface area contributed by atoms with Gasteiger partial charge < -0.3 is 4.74 Å². The molecule has 6 heteroatoms. The summed E-state index contributed by atoms with van der Waals surface area (Å²) in [6.07, 6.45) is 3.88. The van der Waals surface area contributed by atoms with Crippen molar-refractivity contribution < 1.29 is 9.53 Å². The van der Waals surface area contributed by atoms with Gasteiger partial charge in [0.2, 0.25) is 0 Å². The Hall–Kier alpha value is -1.53. The van der Waals surface area contributed by atoms with Crippen molar-refractivity contribution in [3.63, 3.8) is 0 Å². The van der Waals surface area contributed by atoms with Crippen LogP contribution >= 0.6 is 22.7 Å². The van der Waals surface area contributed by atoms with Crippen molar-refractivity contribution in [1.82, 2.24) is 9.97 Å². The van der Waals surface area contributed by atoms with Crippen molar-refractivity contribution in [2.75, 3.05) is 6.61 Å². The molecule has 0 amide bonds. The molecule has 2 heterocycles. The van der Waals surface area contributed by atoms with Crippen molar-refractivity contribution in [3.05, 3.63) is 27.5 Å². The molecular formula is C12H12N2O2S2. The number of ether oxygens (including phenoxy) is 1. The van der Waals surface area contributed by atoms with E-state index in [1.807, 2.05) is 24.5 Å². The van der Waals surface area contributed by atoms with E-state index in [0.29, 0.717) is 12.3 Å². The lowest BCUT2D eigenvalue weighted by Crippen LogP contribution is -2.04. The number of esters is 1. The van der Waals surface area contributed by atoms with Gasteiger partial charge in [0.1, 0.15) is 15.7 Å². The third-order valence-corrected chi connectivity index (χ3v) is 3.71. The summed E-state index contributed by atoms with van der Waals surface area (Å²) in [6.45, 7) is 4.08. The fourth-order valence-electron chi connectivity index (χ4n) is 1.30. The van der Waals surface area contributed by atoms with Crippen LogP contribution in [0.1, 0.15) is 29.3 Å². The van der Waals surface area contributed by atoms with Crippen LogP contribution < -0.4 is 0 Å². The Kier molecular flexibility index (Phi) is 4.22. The van der Waals surface area contributed by atoms with Crippen LogP contribution in [-0.2, 0) is 4.74 Å². The molecule has 0 aliphatic heterocycles. The van der Waals surface area contributed by atoms with E-state index in [4.69, 9.17) is 4.74 Å². The molecule has 0 aromatic carbocycles. The van der Waals surface area contributed by atoms with Gasteiger partial charge in [0.25, 0.3) is 0 Å². The second-order valence-corrected chi connectivity index (χ2v) is 5.08. The molecule has 0 atom stereocenters. The molecule has 2 rings (SSSR count). The number of hydrogen-bond acceptors (Lipinski definition) is 6. The fourth-order valence-corrected chi connectivity index (χ4v) is 2.88. The number of thiazole rings is 2. The Morgan fingerprint density at radius 2 is 2.22 bits per heavy atom. The van der Waals surface area contributed by atoms with E-state index in [9.17, 15) is 4.79 Å². The van der Waals surface area contributed by atoms with Crippen molar-refractivity contribution in [1.29, 1.82) is 0 Å². The highest BCUT2D eigenvalue weighted by Crippen LogP contribution is 2.26. The second kappa shape index (κ2) is 5.88. The summed E-state index contributed by atoms with van der Waals surface area (Å²) < 4.78 is 4.90. The van der Waals surface area contributed by atoms with E-state index in [2.05, 4.69) is 9.97 Å². The number of aromatic nitrogens is 2. The van der Waals surface area contributed by atoms with Gasteiger partial charge in [-0.05, 0) is 19.9 Å². The van der Waals surface area contributed by atoms with Gasteiger partial charge in [-0.2, -0.15) is 0 Å². The molecule has 0 saturated heterocycles. The molecular weight excluding hydrogens is 268 g/mol. The van der Waals surface area contributed by atoms with Crippen LogP contribution in [0, 0.1) is 0 Å². The summed E-state index contributed by atoms with van der Waals surface area (Å²) in [5.41, 5.74) is 1.14. The molecule has 94 valence electrons. The molecule has 0 aliphatic rings. The first-order valence-corrected chi connectivity index (χ1v) is 7.21. The SMILES string of the molecule is C/C=C/c1nc(-c2nc(C(=O)OCC)cs2)cs1. The molecule has 0 bridgehead atoms. The Bertz CT molecular complexity index is 572. The molecule has 0 unspecified atom stereocenters. The standard InChI is InChI=1S/C12H12N2O2S2/c1-3-5-10-13-8(6-17-10)11-14-9(7-18-11)12(15)16-4-2/h3,5-7H,4H2,1-2H3/b5-3+. The Morgan fingerprint density at radius 3 is 2.94 bits per heavy atom. The van der Waals surface area contributed by atoms with Gasteiger partial charge >= 0.3 is 5.97 Å². The van der Waals surface area contributed by atoms with Crippen LogP contribution in [0.3, 0.4) is 0 Å². The predicted molar refractivity (Wildman–Crippen MR) is 73.9 cm³/mol. The summed E-state index contributed by atoms with van der Waals surface area (Å²) >= 11 is 2.95. The fraction of sp³-hybridized carbons (Fsp3) is 0.250. The van der Waals surface area contributed by atoms with E-state index >= 15 is 0 Å². The summed E-state index contributed by atoms with van der Waals surface area (Å²) in [7, 11) is 0. The first-order valence-electron chi connectivity index (χ1n) is 5.45. The Labute approximate surface area is 113 Å². The Morgan fingerprint density at radius 1 is 1.39 bits per heavy atom. The highest BCUT2D eigenvalue weighted by molar-refractivity contribution is 7.14. The van der Waals surface area contributed by atoms with Crippen molar-refractivity contribution >= 4 is 34.7 Å². The number of hydrogen-bond donors (Lipinski definition) is 0. The molecule has 0 fully saturated rings. The maximum atomic E-state index is 11.5. The van der Waals surface area contributed by atoms with Crippen molar-refractivity contribution in [3.8, 4) is 10.7 Å². The normalized spacial score (nSPS) is 11.0. The summed E-state index contributed by atoms with van der Waals surface area (Å²) in [5.74, 6) is -0.385. The molecule has 0 saturated carbocycles. The molecule has 2 aromatic heterocycles. The molecule has 0 aliphatic carbocycles. The number of nitrogens with zero attached hydrogens (tertiary/aromatic N) is 2. The predicted octanol–water partition coefficient (Wildman–Crippen LogP) is 3.48. The van der Waals surface area contributed by atoms with Crippen LogP contribution in [0.25, 0.3) is 16.8 Å². The van der Waals surface area contributed by atoms with E-state index < -0.39 is 0 Å². The van der Waals surface area contributed by atoms with Gasteiger partial charge in [0.15, 0.2) is 5.69 Å². The third-order valence-electron chi connectivity index (χ3n) is 2.04. The lowest BCUT2D eigenvalue weighted by molar-refractivity contribution is 0.0520. The van der Waals surface area contributed by atoms with Crippen LogP contribution in [0.5, 0.6) is 0 Å². The van der Waals surface area contributed by atoms with E-state index in [0.717, 1.165) is 15.7 Å². The van der Waals surface area contributed by atoms with Crippen LogP contribution in [0.2, 0.25) is 0 Å². The van der Waals surface area contributed by atoms with E-state index in [1.54, 1.807) is 23.6 Å². The average Bonchev–Trinajstić information content (AvgIpc) is 2.97. The highest BCUT2D eigenvalue weighted by atomic mass is 32.1. The van der Waals surface area contributed by atoms with Crippen LogP contribution in [0.15, 0.2) is 16.8 Å². The second-order valence-electron chi connectivity index (χ2n) is 3.33. The van der Waals surface area contributed by atoms with Gasteiger partial charge in [0.05, 0.1) is 6.61 Å². The lowest BCUT2D eigenvalue weighted by atomic mass is 10.4. The maximum absolute atomic E-state index is 11.5. The monoisotopic (exact) mass is 280 g/mol. The van der Waals surface area contributed by atoms with Gasteiger partial charge in [-0.1, -0.05) is 6.08 Å². The minimum atomic E-state index is -0.385. The van der Waals surface area contributed by atoms with Crippen LogP contribution in [0.4, 0.5) is 0 Å². The third kappa shape index (κ3) is 2.83. The topological polar surface area (TPSA) is 52.1 Å². The van der Waals surface area contributed by atoms with Crippen molar-refractivity contribution in [2.24, 2.45) is 0 Å². The van der Waals surface area contributed by atoms with Gasteiger partial charge in [-0.3, -0.25) is 0 Å². The van der Waals surface area contributed by atoms with Gasteiger partial charge in [-0.15, -0.1) is 22.7 Å². The van der Waals surface area contributed by atoms with Crippen LogP contribution in [-0.4, -0.2) is 22.5 Å².